The zero-order valence-electron chi connectivity index (χ0n) is 11.9. The van der Waals surface area contributed by atoms with E-state index in [1.165, 1.54) is 23.8 Å². The van der Waals surface area contributed by atoms with E-state index in [-0.39, 0.29) is 18.8 Å². The number of ether oxygens (including phenoxy) is 1. The molecule has 22 heavy (non-hydrogen) atoms. The van der Waals surface area contributed by atoms with Gasteiger partial charge in [-0.25, -0.2) is 18.2 Å². The van der Waals surface area contributed by atoms with Crippen molar-refractivity contribution in [3.8, 4) is 0 Å². The molecule has 0 N–H and O–H groups in total. The molecule has 2 rings (SSSR count). The molecule has 0 fully saturated rings. The maximum atomic E-state index is 11.4. The van der Waals surface area contributed by atoms with Crippen LogP contribution in [0, 0.1) is 0 Å². The van der Waals surface area contributed by atoms with Gasteiger partial charge in [0.25, 0.3) is 0 Å². The molecule has 0 spiro atoms. The van der Waals surface area contributed by atoms with Gasteiger partial charge in [0.05, 0.1) is 31.7 Å². The number of nitrogens with zero attached hydrogens (tertiary/aromatic N) is 3. The first-order chi connectivity index (χ1) is 10.6. The summed E-state index contributed by atoms with van der Waals surface area (Å²) in [7, 11) is -1.51. The lowest BCUT2D eigenvalue weighted by molar-refractivity contribution is 0.0593. The monoisotopic (exact) mass is 321 g/mol. The van der Waals surface area contributed by atoms with Gasteiger partial charge in [0, 0.05) is 6.54 Å². The standard InChI is InChI=1S/C14H15N3O4S/c1-21-14(18)13-8-15-12(7-16-13)10-17(22(19)20)9-11-5-3-2-4-6-11/h2-8,22H,9-10H2,1H3. The van der Waals surface area contributed by atoms with E-state index in [9.17, 15) is 13.2 Å². The molecule has 0 bridgehead atoms. The Labute approximate surface area is 129 Å². The second-order valence-corrected chi connectivity index (χ2v) is 5.47. The van der Waals surface area contributed by atoms with Crippen LogP contribution in [0.1, 0.15) is 21.7 Å². The SMILES string of the molecule is COC(=O)c1cnc(CN(Cc2ccccc2)[SH](=O)=O)cn1. The average molecular weight is 321 g/mol. The van der Waals surface area contributed by atoms with Crippen LogP contribution < -0.4 is 0 Å². The maximum Gasteiger partial charge on any atom is 0.358 e. The number of hydrogen-bond acceptors (Lipinski definition) is 6. The van der Waals surface area contributed by atoms with Crippen molar-refractivity contribution in [2.75, 3.05) is 7.11 Å². The van der Waals surface area contributed by atoms with Crippen molar-refractivity contribution >= 4 is 16.9 Å². The van der Waals surface area contributed by atoms with Crippen LogP contribution in [-0.4, -0.2) is 35.8 Å². The zero-order chi connectivity index (χ0) is 15.9. The fourth-order valence-corrected chi connectivity index (χ4v) is 2.34. The first-order valence-electron chi connectivity index (χ1n) is 6.42. The predicted octanol–water partition coefficient (Wildman–Crippen LogP) is 0.792. The molecule has 0 aliphatic carbocycles. The summed E-state index contributed by atoms with van der Waals surface area (Å²) in [6.07, 6.45) is 2.63. The van der Waals surface area contributed by atoms with Crippen molar-refractivity contribution in [2.24, 2.45) is 0 Å². The summed E-state index contributed by atoms with van der Waals surface area (Å²) in [5.74, 6) is -0.588. The van der Waals surface area contributed by atoms with Crippen molar-refractivity contribution in [3.63, 3.8) is 0 Å². The maximum absolute atomic E-state index is 11.4. The Bertz CT molecular complexity index is 694. The lowest BCUT2D eigenvalue weighted by atomic mass is 10.2. The van der Waals surface area contributed by atoms with Crippen LogP contribution in [0.15, 0.2) is 42.7 Å². The smallest absolute Gasteiger partial charge is 0.358 e. The number of thiol groups is 1. The van der Waals surface area contributed by atoms with Crippen LogP contribution >= 0.6 is 0 Å². The second-order valence-electron chi connectivity index (χ2n) is 4.43. The largest absolute Gasteiger partial charge is 0.464 e. The van der Waals surface area contributed by atoms with E-state index < -0.39 is 16.9 Å². The molecule has 0 amide bonds. The molecule has 1 aromatic heterocycles. The molecular weight excluding hydrogens is 306 g/mol. The highest BCUT2D eigenvalue weighted by Gasteiger charge is 2.12. The van der Waals surface area contributed by atoms with Gasteiger partial charge in [-0.05, 0) is 5.56 Å². The molecule has 0 saturated carbocycles. The summed E-state index contributed by atoms with van der Waals surface area (Å²) in [5, 5.41) is 0. The quantitative estimate of drug-likeness (QED) is 0.625. The molecule has 8 heteroatoms. The molecule has 0 unspecified atom stereocenters. The first kappa shape index (κ1) is 16.1. The minimum absolute atomic E-state index is 0.0763. The highest BCUT2D eigenvalue weighted by atomic mass is 32.2. The van der Waals surface area contributed by atoms with Crippen LogP contribution in [0.4, 0.5) is 0 Å². The normalized spacial score (nSPS) is 10.9. The summed E-state index contributed by atoms with van der Waals surface area (Å²) >= 11 is 0. The minimum atomic E-state index is -2.76. The summed E-state index contributed by atoms with van der Waals surface area (Å²) in [4.78, 5) is 19.2. The van der Waals surface area contributed by atoms with Crippen molar-refractivity contribution in [3.05, 3.63) is 59.7 Å². The fraction of sp³-hybridized carbons (Fsp3) is 0.214. The van der Waals surface area contributed by atoms with Crippen LogP contribution in [-0.2, 0) is 28.7 Å². The number of rotatable bonds is 6. The third-order valence-corrected chi connectivity index (χ3v) is 3.63. The molecule has 0 radical (unpaired) electrons. The zero-order valence-corrected chi connectivity index (χ0v) is 12.8. The lowest BCUT2D eigenvalue weighted by Gasteiger charge is -2.14. The summed E-state index contributed by atoms with van der Waals surface area (Å²) in [6.45, 7) is 0.335. The van der Waals surface area contributed by atoms with E-state index in [0.29, 0.717) is 5.69 Å². The highest BCUT2D eigenvalue weighted by Crippen LogP contribution is 2.08. The number of esters is 1. The highest BCUT2D eigenvalue weighted by molar-refractivity contribution is 7.69. The van der Waals surface area contributed by atoms with Gasteiger partial charge in [0.15, 0.2) is 5.69 Å². The first-order valence-corrected chi connectivity index (χ1v) is 7.55. The van der Waals surface area contributed by atoms with E-state index in [0.717, 1.165) is 5.56 Å². The Morgan fingerprint density at radius 2 is 1.86 bits per heavy atom. The topological polar surface area (TPSA) is 89.5 Å². The summed E-state index contributed by atoms with van der Waals surface area (Å²) in [5.41, 5.74) is 1.40. The van der Waals surface area contributed by atoms with E-state index >= 15 is 0 Å². The van der Waals surface area contributed by atoms with E-state index in [1.807, 2.05) is 30.3 Å². The van der Waals surface area contributed by atoms with E-state index in [4.69, 9.17) is 0 Å². The summed E-state index contributed by atoms with van der Waals surface area (Å²) in [6, 6.07) is 9.24. The molecule has 7 nitrogen and oxygen atoms in total. The second kappa shape index (κ2) is 7.62. The molecule has 0 atom stereocenters. The number of methoxy groups -OCH3 is 1. The van der Waals surface area contributed by atoms with Crippen molar-refractivity contribution < 1.29 is 17.9 Å². The minimum Gasteiger partial charge on any atom is -0.464 e. The molecule has 0 saturated heterocycles. The number of benzene rings is 1. The summed E-state index contributed by atoms with van der Waals surface area (Å²) < 4.78 is 28.5. The van der Waals surface area contributed by atoms with Crippen molar-refractivity contribution in [2.45, 2.75) is 13.1 Å². The molecule has 2 aromatic rings. The van der Waals surface area contributed by atoms with E-state index in [1.54, 1.807) is 0 Å². The number of carbonyl (C=O) groups excluding carboxylic acids is 1. The molecule has 1 heterocycles. The Kier molecular flexibility index (Phi) is 5.56. The van der Waals surface area contributed by atoms with Gasteiger partial charge in [-0.15, -0.1) is 0 Å². The van der Waals surface area contributed by atoms with E-state index in [2.05, 4.69) is 14.7 Å². The number of aromatic nitrogens is 2. The molecule has 0 aliphatic rings. The van der Waals surface area contributed by atoms with Gasteiger partial charge in [-0.2, -0.15) is 4.31 Å². The lowest BCUT2D eigenvalue weighted by Crippen LogP contribution is -2.22. The number of carbonyl (C=O) groups is 1. The van der Waals surface area contributed by atoms with Gasteiger partial charge in [-0.3, -0.25) is 4.98 Å². The van der Waals surface area contributed by atoms with Crippen LogP contribution in [0.25, 0.3) is 0 Å². The van der Waals surface area contributed by atoms with Gasteiger partial charge in [0.2, 0.25) is 10.9 Å². The number of hydrogen-bond donors (Lipinski definition) is 1. The molecule has 1 aromatic carbocycles. The van der Waals surface area contributed by atoms with Crippen molar-refractivity contribution in [1.82, 2.24) is 14.3 Å². The predicted molar refractivity (Wildman–Crippen MR) is 79.4 cm³/mol. The van der Waals surface area contributed by atoms with Crippen LogP contribution in [0.2, 0.25) is 0 Å². The van der Waals surface area contributed by atoms with Crippen LogP contribution in [0.3, 0.4) is 0 Å². The van der Waals surface area contributed by atoms with Gasteiger partial charge >= 0.3 is 5.97 Å². The van der Waals surface area contributed by atoms with Crippen molar-refractivity contribution in [1.29, 1.82) is 0 Å². The Balaban J connectivity index is 2.09. The van der Waals surface area contributed by atoms with Gasteiger partial charge in [0.1, 0.15) is 0 Å². The molecule has 0 aliphatic heterocycles. The fourth-order valence-electron chi connectivity index (χ4n) is 1.80. The Hall–Kier alpha value is -2.32. The average Bonchev–Trinajstić information content (AvgIpc) is 2.55. The Morgan fingerprint density at radius 1 is 1.14 bits per heavy atom. The third kappa shape index (κ3) is 4.34. The molecule has 116 valence electrons. The third-order valence-electron chi connectivity index (χ3n) is 2.88. The van der Waals surface area contributed by atoms with Crippen LogP contribution in [0.5, 0.6) is 0 Å². The van der Waals surface area contributed by atoms with Gasteiger partial charge in [-0.1, -0.05) is 30.3 Å². The Morgan fingerprint density at radius 3 is 2.41 bits per heavy atom. The van der Waals surface area contributed by atoms with Gasteiger partial charge < -0.3 is 4.74 Å². The molecular formula is C14H15N3O4S.